The Kier molecular flexibility index (Phi) is 7.24. The number of rotatable bonds is 6. The van der Waals surface area contributed by atoms with Crippen LogP contribution in [0.1, 0.15) is 37.6 Å². The maximum atomic E-state index is 12.7. The van der Waals surface area contributed by atoms with Gasteiger partial charge in [-0.25, -0.2) is 9.59 Å². The number of esters is 2. The Morgan fingerprint density at radius 2 is 1.76 bits per heavy atom. The van der Waals surface area contributed by atoms with Gasteiger partial charge in [0.2, 0.25) is 0 Å². The van der Waals surface area contributed by atoms with Crippen LogP contribution in [0.3, 0.4) is 0 Å². The predicted octanol–water partition coefficient (Wildman–Crippen LogP) is 4.91. The molecule has 0 heterocycles. The van der Waals surface area contributed by atoms with Gasteiger partial charge >= 0.3 is 11.9 Å². The summed E-state index contributed by atoms with van der Waals surface area (Å²) < 4.78 is 17.4. The molecule has 0 aliphatic heterocycles. The molecule has 0 N–H and O–H groups in total. The van der Waals surface area contributed by atoms with Gasteiger partial charge in [0.1, 0.15) is 6.10 Å². The van der Waals surface area contributed by atoms with Crippen molar-refractivity contribution < 1.29 is 23.5 Å². The first-order valence-corrected chi connectivity index (χ1v) is 12.8. The van der Waals surface area contributed by atoms with Crippen molar-refractivity contribution in [3.05, 3.63) is 60.2 Å². The molecule has 0 bridgehead atoms. The number of carbonyl (C=O) groups is 2. The van der Waals surface area contributed by atoms with E-state index < -0.39 is 32.5 Å². The first-order chi connectivity index (χ1) is 13.5. The van der Waals surface area contributed by atoms with E-state index >= 15 is 0 Å². The van der Waals surface area contributed by atoms with Crippen LogP contribution in [0.15, 0.2) is 54.6 Å². The first kappa shape index (κ1) is 23.1. The summed E-state index contributed by atoms with van der Waals surface area (Å²) >= 11 is 0. The topological polar surface area (TPSA) is 61.8 Å². The van der Waals surface area contributed by atoms with Crippen molar-refractivity contribution in [2.45, 2.75) is 57.5 Å². The fourth-order valence-corrected chi connectivity index (χ4v) is 4.37. The fourth-order valence-electron chi connectivity index (χ4n) is 3.04. The molecular weight excluding hydrogens is 384 g/mol. The van der Waals surface area contributed by atoms with Crippen LogP contribution >= 0.6 is 0 Å². The van der Waals surface area contributed by atoms with Crippen molar-refractivity contribution in [3.63, 3.8) is 0 Å². The summed E-state index contributed by atoms with van der Waals surface area (Å²) in [5.74, 6) is -1.16. The average Bonchev–Trinajstić information content (AvgIpc) is 2.67. The lowest BCUT2D eigenvalue weighted by molar-refractivity contribution is -0.137. The third-order valence-corrected chi connectivity index (χ3v) is 10.3. The maximum Gasteiger partial charge on any atom is 0.338 e. The Hall–Kier alpha value is -2.18. The number of carbonyl (C=O) groups excluding carboxylic acids is 2. The van der Waals surface area contributed by atoms with Crippen LogP contribution in [-0.4, -0.2) is 39.6 Å². The van der Waals surface area contributed by atoms with Gasteiger partial charge in [-0.2, -0.15) is 0 Å². The van der Waals surface area contributed by atoms with Crippen LogP contribution in [0, 0.1) is 5.92 Å². The van der Waals surface area contributed by atoms with Gasteiger partial charge in [0.25, 0.3) is 0 Å². The molecule has 0 amide bonds. The van der Waals surface area contributed by atoms with Crippen molar-refractivity contribution >= 4 is 20.3 Å². The van der Waals surface area contributed by atoms with E-state index in [4.69, 9.17) is 13.9 Å². The highest BCUT2D eigenvalue weighted by molar-refractivity contribution is 6.74. The zero-order chi connectivity index (χ0) is 21.8. The van der Waals surface area contributed by atoms with E-state index in [1.54, 1.807) is 36.4 Å². The molecule has 29 heavy (non-hydrogen) atoms. The standard InChI is InChI=1S/C23H32O5Si/c1-8-16-14-18(21(24)26-5)15-19(28-29(6,7)23(2,3)4)20(16)27-22(25)17-12-10-9-11-13-17/h8-14,16,19-20H,1,15H2,2-7H3/t16-,19-,20+/m0/s1. The molecule has 1 aromatic carbocycles. The van der Waals surface area contributed by atoms with Gasteiger partial charge in [0.15, 0.2) is 8.32 Å². The molecule has 0 radical (unpaired) electrons. The van der Waals surface area contributed by atoms with Crippen LogP contribution in [0.4, 0.5) is 0 Å². The Morgan fingerprint density at radius 3 is 2.28 bits per heavy atom. The summed E-state index contributed by atoms with van der Waals surface area (Å²) in [5.41, 5.74) is 0.997. The van der Waals surface area contributed by atoms with Gasteiger partial charge in [-0.05, 0) is 30.3 Å². The van der Waals surface area contributed by atoms with E-state index in [1.165, 1.54) is 7.11 Å². The lowest BCUT2D eigenvalue weighted by atomic mass is 9.85. The number of methoxy groups -OCH3 is 1. The quantitative estimate of drug-likeness (QED) is 0.375. The average molecular weight is 417 g/mol. The van der Waals surface area contributed by atoms with Crippen molar-refractivity contribution in [1.29, 1.82) is 0 Å². The minimum absolute atomic E-state index is 0.0305. The zero-order valence-electron chi connectivity index (χ0n) is 18.2. The molecule has 5 nitrogen and oxygen atoms in total. The van der Waals surface area contributed by atoms with Crippen molar-refractivity contribution in [2.75, 3.05) is 7.11 Å². The molecule has 0 aromatic heterocycles. The van der Waals surface area contributed by atoms with E-state index in [0.717, 1.165) is 0 Å². The fraction of sp³-hybridized carbons (Fsp3) is 0.478. The summed E-state index contributed by atoms with van der Waals surface area (Å²) in [6.45, 7) is 14.6. The van der Waals surface area contributed by atoms with Crippen LogP contribution in [0.5, 0.6) is 0 Å². The minimum Gasteiger partial charge on any atom is -0.466 e. The van der Waals surface area contributed by atoms with E-state index in [9.17, 15) is 9.59 Å². The summed E-state index contributed by atoms with van der Waals surface area (Å²) in [5, 5.41) is -0.0305. The second-order valence-electron chi connectivity index (χ2n) is 8.85. The predicted molar refractivity (Wildman–Crippen MR) is 116 cm³/mol. The summed E-state index contributed by atoms with van der Waals surface area (Å²) in [6, 6.07) is 8.86. The van der Waals surface area contributed by atoms with Gasteiger partial charge < -0.3 is 13.9 Å². The minimum atomic E-state index is -2.19. The first-order valence-electron chi connectivity index (χ1n) is 9.85. The van der Waals surface area contributed by atoms with Gasteiger partial charge in [-0.15, -0.1) is 6.58 Å². The number of ether oxygens (including phenoxy) is 2. The monoisotopic (exact) mass is 416 g/mol. The van der Waals surface area contributed by atoms with Crippen molar-refractivity contribution in [1.82, 2.24) is 0 Å². The van der Waals surface area contributed by atoms with Crippen LogP contribution in [0.25, 0.3) is 0 Å². The molecule has 1 aliphatic rings. The maximum absolute atomic E-state index is 12.7. The van der Waals surface area contributed by atoms with Crippen molar-refractivity contribution in [3.8, 4) is 0 Å². The van der Waals surface area contributed by atoms with Gasteiger partial charge in [0.05, 0.1) is 18.8 Å². The summed E-state index contributed by atoms with van der Waals surface area (Å²) in [4.78, 5) is 25.0. The Balaban J connectivity index is 2.38. The molecule has 0 unspecified atom stereocenters. The van der Waals surface area contributed by atoms with E-state index in [0.29, 0.717) is 17.6 Å². The molecule has 1 aliphatic carbocycles. The molecule has 0 saturated carbocycles. The van der Waals surface area contributed by atoms with E-state index in [2.05, 4.69) is 40.4 Å². The Morgan fingerprint density at radius 1 is 1.14 bits per heavy atom. The molecule has 1 aromatic rings. The Labute approximate surface area is 174 Å². The highest BCUT2D eigenvalue weighted by atomic mass is 28.4. The number of benzene rings is 1. The molecule has 158 valence electrons. The van der Waals surface area contributed by atoms with Gasteiger partial charge in [-0.1, -0.05) is 51.1 Å². The zero-order valence-corrected chi connectivity index (χ0v) is 19.2. The van der Waals surface area contributed by atoms with Gasteiger partial charge in [-0.3, -0.25) is 0 Å². The smallest absolute Gasteiger partial charge is 0.338 e. The summed E-state index contributed by atoms with van der Waals surface area (Å²) in [7, 11) is -0.828. The van der Waals surface area contributed by atoms with Crippen LogP contribution in [0.2, 0.25) is 18.1 Å². The van der Waals surface area contributed by atoms with E-state index in [1.807, 2.05) is 6.07 Å². The lowest BCUT2D eigenvalue weighted by Crippen LogP contribution is -2.51. The normalized spacial score (nSPS) is 22.4. The third-order valence-electron chi connectivity index (χ3n) is 5.79. The molecule has 2 rings (SSSR count). The highest BCUT2D eigenvalue weighted by Gasteiger charge is 2.45. The molecule has 3 atom stereocenters. The van der Waals surface area contributed by atoms with Crippen LogP contribution in [-0.2, 0) is 18.7 Å². The second kappa shape index (κ2) is 9.09. The third kappa shape index (κ3) is 5.45. The van der Waals surface area contributed by atoms with Crippen LogP contribution < -0.4 is 0 Å². The second-order valence-corrected chi connectivity index (χ2v) is 13.6. The lowest BCUT2D eigenvalue weighted by Gasteiger charge is -2.43. The largest absolute Gasteiger partial charge is 0.466 e. The van der Waals surface area contributed by atoms with E-state index in [-0.39, 0.29) is 11.0 Å². The Bertz CT molecular complexity index is 776. The molecular formula is C23H32O5Si. The molecule has 0 fully saturated rings. The van der Waals surface area contributed by atoms with Gasteiger partial charge in [0, 0.05) is 17.9 Å². The molecule has 6 heteroatoms. The molecule has 0 spiro atoms. The highest BCUT2D eigenvalue weighted by Crippen LogP contribution is 2.40. The SMILES string of the molecule is C=C[C@H]1C=C(C(=O)OC)C[C@H](O[Si](C)(C)C(C)(C)C)[C@@H]1OC(=O)c1ccccc1. The van der Waals surface area contributed by atoms with Crippen molar-refractivity contribution in [2.24, 2.45) is 5.92 Å². The number of hydrogen-bond acceptors (Lipinski definition) is 5. The molecule has 0 saturated heterocycles. The number of hydrogen-bond donors (Lipinski definition) is 0. The summed E-state index contributed by atoms with van der Waals surface area (Å²) in [6.07, 6.45) is 2.77.